The fourth-order valence-corrected chi connectivity index (χ4v) is 4.28. The minimum Gasteiger partial charge on any atom is -0.492 e. The van der Waals surface area contributed by atoms with E-state index in [0.717, 1.165) is 12.2 Å². The minimum absolute atomic E-state index is 0.0641. The van der Waals surface area contributed by atoms with Gasteiger partial charge in [0.1, 0.15) is 30.2 Å². The van der Waals surface area contributed by atoms with E-state index in [1.54, 1.807) is 12.2 Å². The molecule has 2 bridgehead atoms. The van der Waals surface area contributed by atoms with Crippen molar-refractivity contribution in [2.45, 2.75) is 31.0 Å². The summed E-state index contributed by atoms with van der Waals surface area (Å²) in [6.45, 7) is 0.0641. The molecular formula is C23H22N6O7. The van der Waals surface area contributed by atoms with Gasteiger partial charge in [0.05, 0.1) is 31.3 Å². The molecule has 13 heteroatoms. The van der Waals surface area contributed by atoms with Gasteiger partial charge in [0.25, 0.3) is 0 Å². The zero-order valence-electron chi connectivity index (χ0n) is 19.0. The van der Waals surface area contributed by atoms with Crippen LogP contribution < -0.4 is 11.1 Å². The van der Waals surface area contributed by atoms with E-state index >= 15 is 0 Å². The molecule has 0 aromatic carbocycles. The van der Waals surface area contributed by atoms with Crippen LogP contribution in [0.5, 0.6) is 0 Å². The van der Waals surface area contributed by atoms with Crippen LogP contribution in [0.2, 0.25) is 0 Å². The number of hydrogen-bond donors (Lipinski definition) is 3. The first-order chi connectivity index (χ1) is 17.4. The minimum atomic E-state index is -1.15. The third-order valence-corrected chi connectivity index (χ3v) is 5.98. The molecule has 4 atom stereocenters. The van der Waals surface area contributed by atoms with E-state index in [-0.39, 0.29) is 35.9 Å². The molecule has 2 aromatic rings. The Morgan fingerprint density at radius 2 is 2.06 bits per heavy atom. The van der Waals surface area contributed by atoms with Crippen LogP contribution in [0, 0.1) is 0 Å². The number of aliphatic hydroxyl groups is 1. The highest BCUT2D eigenvalue weighted by molar-refractivity contribution is 6.23. The highest BCUT2D eigenvalue weighted by Crippen LogP contribution is 2.34. The van der Waals surface area contributed by atoms with Gasteiger partial charge in [-0.1, -0.05) is 12.2 Å². The van der Waals surface area contributed by atoms with Crippen LogP contribution in [0.1, 0.15) is 12.6 Å². The number of imidazole rings is 1. The van der Waals surface area contributed by atoms with Gasteiger partial charge < -0.3 is 30.4 Å². The molecule has 0 unspecified atom stereocenters. The maximum Gasteiger partial charge on any atom is 0.248 e. The number of hydrogen-bond acceptors (Lipinski definition) is 11. The third-order valence-electron chi connectivity index (χ3n) is 5.98. The van der Waals surface area contributed by atoms with Gasteiger partial charge in [0.15, 0.2) is 23.5 Å². The number of amides is 1. The lowest BCUT2D eigenvalue weighted by Crippen LogP contribution is -2.35. The van der Waals surface area contributed by atoms with Crippen LogP contribution in [0.15, 0.2) is 60.1 Å². The predicted molar refractivity (Wildman–Crippen MR) is 123 cm³/mol. The van der Waals surface area contributed by atoms with Crippen molar-refractivity contribution in [3.63, 3.8) is 0 Å². The molecule has 1 aliphatic carbocycles. The van der Waals surface area contributed by atoms with Gasteiger partial charge >= 0.3 is 0 Å². The Labute approximate surface area is 203 Å². The van der Waals surface area contributed by atoms with Crippen molar-refractivity contribution in [1.29, 1.82) is 0 Å². The van der Waals surface area contributed by atoms with E-state index in [4.69, 9.17) is 19.9 Å². The summed E-state index contributed by atoms with van der Waals surface area (Å²) in [4.78, 5) is 50.1. The summed E-state index contributed by atoms with van der Waals surface area (Å²) >= 11 is 0. The van der Waals surface area contributed by atoms with Gasteiger partial charge in [-0.15, -0.1) is 0 Å². The van der Waals surface area contributed by atoms with Gasteiger partial charge in [0.2, 0.25) is 17.5 Å². The Kier molecular flexibility index (Phi) is 6.18. The molecule has 1 saturated heterocycles. The van der Waals surface area contributed by atoms with Crippen molar-refractivity contribution in [3.05, 3.63) is 60.1 Å². The van der Waals surface area contributed by atoms with Crippen molar-refractivity contribution >= 4 is 34.5 Å². The van der Waals surface area contributed by atoms with Crippen molar-refractivity contribution in [2.75, 3.05) is 19.5 Å². The number of nitrogens with one attached hydrogen (secondary N) is 1. The van der Waals surface area contributed by atoms with Crippen LogP contribution in [0.25, 0.3) is 11.2 Å². The number of nitrogens with two attached hydrogens (primary N) is 1. The van der Waals surface area contributed by atoms with Crippen LogP contribution in [-0.2, 0) is 28.6 Å². The average Bonchev–Trinajstić information content (AvgIpc) is 3.41. The van der Waals surface area contributed by atoms with Crippen molar-refractivity contribution in [3.8, 4) is 0 Å². The fourth-order valence-electron chi connectivity index (χ4n) is 4.28. The van der Waals surface area contributed by atoms with Crippen LogP contribution >= 0.6 is 0 Å². The molecule has 1 fully saturated rings. The van der Waals surface area contributed by atoms with Crippen LogP contribution in [0.4, 0.5) is 5.82 Å². The number of methoxy groups -OCH3 is 1. The summed E-state index contributed by atoms with van der Waals surface area (Å²) in [5, 5.41) is 13.5. The number of aromatic nitrogens is 4. The number of ether oxygens (including phenoxy) is 3. The molecule has 2 aliphatic heterocycles. The number of nitrogen functional groups attached to an aromatic ring is 1. The Morgan fingerprint density at radius 1 is 1.22 bits per heavy atom. The molecule has 2 aromatic heterocycles. The Bertz CT molecular complexity index is 1370. The number of nitrogens with zero attached hydrogens (tertiary/aromatic N) is 4. The molecular weight excluding hydrogens is 472 g/mol. The maximum atomic E-state index is 12.8. The number of rotatable bonds is 2. The molecule has 0 spiro atoms. The quantitative estimate of drug-likeness (QED) is 0.366. The lowest BCUT2D eigenvalue weighted by molar-refractivity contribution is -0.120. The maximum absolute atomic E-state index is 12.8. The Hall–Kier alpha value is -4.20. The first-order valence-corrected chi connectivity index (χ1v) is 11.0. The number of carbonyl (C=O) groups excluding carboxylic acids is 3. The second kappa shape index (κ2) is 9.45. The van der Waals surface area contributed by atoms with Crippen LogP contribution in [-0.4, -0.2) is 74.1 Å². The van der Waals surface area contributed by atoms with E-state index in [1.807, 2.05) is 0 Å². The van der Waals surface area contributed by atoms with E-state index in [2.05, 4.69) is 20.3 Å². The summed E-state index contributed by atoms with van der Waals surface area (Å²) < 4.78 is 18.5. The number of anilines is 1. The number of aliphatic hydroxyl groups excluding tert-OH is 1. The fraction of sp³-hybridized carbons (Fsp3) is 0.304. The standard InChI is InChI=1S/C23H22N6O7/c1-34-19-11-4-2-3-7-35-20-14(5-6-15(31)28-12(17(11)32)8-13(19)30)36-23(18(20)33)29-10-27-16-21(24)25-9-26-22(16)29/h2-3,5-6,8-10,14,18,20,23,33H,4,7H2,1H3,(H,28,31)(H2,24,25,26)/b3-2-,6-5+/t14-,18-,20-,23-/m1/s1. The smallest absolute Gasteiger partial charge is 0.248 e. The van der Waals surface area contributed by atoms with E-state index in [1.165, 1.54) is 30.4 Å². The van der Waals surface area contributed by atoms with Crippen molar-refractivity contribution in [2.24, 2.45) is 0 Å². The number of carbonyl (C=O) groups is 3. The van der Waals surface area contributed by atoms with Gasteiger partial charge in [-0.2, -0.15) is 0 Å². The molecule has 5 rings (SSSR count). The number of ketones is 2. The molecule has 0 saturated carbocycles. The average molecular weight is 494 g/mol. The van der Waals surface area contributed by atoms with Crippen LogP contribution in [0.3, 0.4) is 0 Å². The summed E-state index contributed by atoms with van der Waals surface area (Å²) in [5.74, 6) is -1.60. The van der Waals surface area contributed by atoms with Crippen molar-refractivity contribution < 1.29 is 33.7 Å². The number of allylic oxidation sites excluding steroid dienone is 3. The molecule has 3 aliphatic rings. The lowest BCUT2D eigenvalue weighted by atomic mass is 9.95. The van der Waals surface area contributed by atoms with Gasteiger partial charge in [-0.25, -0.2) is 15.0 Å². The highest BCUT2D eigenvalue weighted by atomic mass is 16.6. The first kappa shape index (κ1) is 23.5. The summed E-state index contributed by atoms with van der Waals surface area (Å²) in [6, 6.07) is 0. The predicted octanol–water partition coefficient (Wildman–Crippen LogP) is -0.379. The van der Waals surface area contributed by atoms with E-state index < -0.39 is 42.0 Å². The molecule has 186 valence electrons. The topological polar surface area (TPSA) is 181 Å². The van der Waals surface area contributed by atoms with Gasteiger partial charge in [-0.3, -0.25) is 19.0 Å². The zero-order chi connectivity index (χ0) is 25.4. The molecule has 4 heterocycles. The van der Waals surface area contributed by atoms with E-state index in [9.17, 15) is 19.5 Å². The molecule has 4 N–H and O–H groups in total. The molecule has 0 radical (unpaired) electrons. The monoisotopic (exact) mass is 494 g/mol. The summed E-state index contributed by atoms with van der Waals surface area (Å²) in [6.07, 6.45) is 5.90. The van der Waals surface area contributed by atoms with Gasteiger partial charge in [0, 0.05) is 12.2 Å². The SMILES string of the molecule is COC1=C2C/C=C\CO[C@H]3[C@@H](O)[C@H](n4cnc5c(N)ncnc54)O[C@@H]3/C=C/C(=O)NC(=CC1=O)C2=O. The summed E-state index contributed by atoms with van der Waals surface area (Å²) in [7, 11) is 1.30. The number of Topliss-reactive ketones (excluding diaryl/α,β-unsaturated/α-hetero) is 1. The van der Waals surface area contributed by atoms with Crippen molar-refractivity contribution in [1.82, 2.24) is 24.8 Å². The Morgan fingerprint density at radius 3 is 2.86 bits per heavy atom. The Balaban J connectivity index is 1.45. The lowest BCUT2D eigenvalue weighted by Gasteiger charge is -2.20. The summed E-state index contributed by atoms with van der Waals surface area (Å²) in [5.41, 5.74) is 6.54. The second-order valence-electron chi connectivity index (χ2n) is 8.15. The largest absolute Gasteiger partial charge is 0.492 e. The first-order valence-electron chi connectivity index (χ1n) is 11.0. The molecule has 1 amide bonds. The molecule has 36 heavy (non-hydrogen) atoms. The van der Waals surface area contributed by atoms with E-state index in [0.29, 0.717) is 11.2 Å². The van der Waals surface area contributed by atoms with Gasteiger partial charge in [-0.05, 0) is 12.5 Å². The second-order valence-corrected chi connectivity index (χ2v) is 8.15. The molecule has 13 nitrogen and oxygen atoms in total. The zero-order valence-corrected chi connectivity index (χ0v) is 19.0. The normalized spacial score (nSPS) is 28.8. The third kappa shape index (κ3) is 4.08. The highest BCUT2D eigenvalue weighted by Gasteiger charge is 2.45. The number of fused-ring (bicyclic) bond motifs is 4.